The lowest BCUT2D eigenvalue weighted by Gasteiger charge is -2.33. The predicted octanol–water partition coefficient (Wildman–Crippen LogP) is 3.07. The summed E-state index contributed by atoms with van der Waals surface area (Å²) in [5.41, 5.74) is 1.92. The molecule has 1 heterocycles. The maximum absolute atomic E-state index is 13.2. The smallest absolute Gasteiger partial charge is 0.251 e. The van der Waals surface area contributed by atoms with Gasteiger partial charge in [-0.2, -0.15) is 4.31 Å². The molecule has 1 atom stereocenters. The molecular formula is C23H27N3O4S. The Balaban J connectivity index is 1.51. The van der Waals surface area contributed by atoms with Crippen LogP contribution in [-0.2, 0) is 14.8 Å². The van der Waals surface area contributed by atoms with Crippen LogP contribution in [0.2, 0.25) is 0 Å². The van der Waals surface area contributed by atoms with Crippen LogP contribution in [-0.4, -0.2) is 43.2 Å². The topological polar surface area (TPSA) is 95.6 Å². The summed E-state index contributed by atoms with van der Waals surface area (Å²) in [6, 6.07) is 12.9. The second kappa shape index (κ2) is 8.80. The van der Waals surface area contributed by atoms with E-state index in [4.69, 9.17) is 0 Å². The van der Waals surface area contributed by atoms with Gasteiger partial charge in [0.05, 0.1) is 4.90 Å². The quantitative estimate of drug-likeness (QED) is 0.720. The summed E-state index contributed by atoms with van der Waals surface area (Å²) >= 11 is 0. The summed E-state index contributed by atoms with van der Waals surface area (Å²) < 4.78 is 27.7. The molecule has 2 aromatic carbocycles. The number of nitrogens with zero attached hydrogens (tertiary/aromatic N) is 1. The van der Waals surface area contributed by atoms with Gasteiger partial charge in [-0.05, 0) is 62.9 Å². The van der Waals surface area contributed by atoms with Gasteiger partial charge in [-0.1, -0.05) is 30.2 Å². The van der Waals surface area contributed by atoms with Gasteiger partial charge in [-0.15, -0.1) is 0 Å². The second-order valence-electron chi connectivity index (χ2n) is 8.26. The van der Waals surface area contributed by atoms with E-state index in [1.54, 1.807) is 48.5 Å². The minimum atomic E-state index is -3.79. The van der Waals surface area contributed by atoms with E-state index in [9.17, 15) is 18.0 Å². The van der Waals surface area contributed by atoms with Gasteiger partial charge in [-0.3, -0.25) is 9.59 Å². The molecule has 8 heteroatoms. The fourth-order valence-corrected chi connectivity index (χ4v) is 5.42. The highest BCUT2D eigenvalue weighted by Gasteiger charge is 2.37. The molecule has 0 radical (unpaired) electrons. The number of aryl methyl sites for hydroxylation is 1. The number of carbonyl (C=O) groups is 2. The molecule has 1 saturated heterocycles. The molecule has 2 amide bonds. The van der Waals surface area contributed by atoms with Gasteiger partial charge >= 0.3 is 0 Å². The highest BCUT2D eigenvalue weighted by atomic mass is 32.2. The molecule has 0 spiro atoms. The molecule has 1 aliphatic carbocycles. The summed E-state index contributed by atoms with van der Waals surface area (Å²) in [7, 11) is -3.79. The average molecular weight is 442 g/mol. The molecular weight excluding hydrogens is 414 g/mol. The molecule has 1 aliphatic heterocycles. The maximum atomic E-state index is 13.2. The van der Waals surface area contributed by atoms with Crippen molar-refractivity contribution in [2.45, 2.75) is 56.0 Å². The summed E-state index contributed by atoms with van der Waals surface area (Å²) in [4.78, 5) is 25.5. The maximum Gasteiger partial charge on any atom is 0.251 e. The monoisotopic (exact) mass is 441 g/mol. The summed E-state index contributed by atoms with van der Waals surface area (Å²) in [6.45, 7) is 2.20. The Kier molecular flexibility index (Phi) is 6.11. The lowest BCUT2D eigenvalue weighted by atomic mass is 10.0. The number of nitrogens with one attached hydrogen (secondary N) is 2. The van der Waals surface area contributed by atoms with Crippen molar-refractivity contribution in [2.24, 2.45) is 0 Å². The predicted molar refractivity (Wildman–Crippen MR) is 118 cm³/mol. The number of carbonyl (C=O) groups excluding carboxylic acids is 2. The van der Waals surface area contributed by atoms with Crippen molar-refractivity contribution in [3.63, 3.8) is 0 Å². The van der Waals surface area contributed by atoms with E-state index < -0.39 is 16.1 Å². The molecule has 164 valence electrons. The van der Waals surface area contributed by atoms with Gasteiger partial charge in [0.2, 0.25) is 15.9 Å². The molecule has 7 nitrogen and oxygen atoms in total. The Morgan fingerprint density at radius 1 is 1.00 bits per heavy atom. The largest absolute Gasteiger partial charge is 0.349 e. The zero-order valence-corrected chi connectivity index (χ0v) is 18.3. The first-order chi connectivity index (χ1) is 14.8. The van der Waals surface area contributed by atoms with Gasteiger partial charge in [0.15, 0.2) is 0 Å². The molecule has 2 N–H and O–H groups in total. The number of piperidine rings is 1. The first-order valence-corrected chi connectivity index (χ1v) is 12.1. The van der Waals surface area contributed by atoms with Crippen molar-refractivity contribution in [3.05, 3.63) is 59.7 Å². The minimum absolute atomic E-state index is 0.167. The Hall–Kier alpha value is -2.71. The third-order valence-corrected chi connectivity index (χ3v) is 7.61. The third-order valence-electron chi connectivity index (χ3n) is 5.69. The van der Waals surface area contributed by atoms with Gasteiger partial charge in [0, 0.05) is 23.8 Å². The van der Waals surface area contributed by atoms with E-state index in [1.807, 2.05) is 6.92 Å². The van der Waals surface area contributed by atoms with Crippen molar-refractivity contribution in [3.8, 4) is 0 Å². The zero-order valence-electron chi connectivity index (χ0n) is 17.5. The number of rotatable bonds is 6. The summed E-state index contributed by atoms with van der Waals surface area (Å²) in [6.07, 6.45) is 3.94. The van der Waals surface area contributed by atoms with E-state index in [2.05, 4.69) is 10.6 Å². The SMILES string of the molecule is Cc1ccc(S(=O)(=O)N2CCCCC2C(=O)Nc2cccc(C(=O)NC3CC3)c2)cc1. The van der Waals surface area contributed by atoms with Gasteiger partial charge in [0.25, 0.3) is 5.91 Å². The van der Waals surface area contributed by atoms with Crippen LogP contribution in [0.3, 0.4) is 0 Å². The lowest BCUT2D eigenvalue weighted by Crippen LogP contribution is -2.49. The van der Waals surface area contributed by atoms with Gasteiger partial charge in [-0.25, -0.2) is 8.42 Å². The van der Waals surface area contributed by atoms with Gasteiger partial charge in [0.1, 0.15) is 6.04 Å². The van der Waals surface area contributed by atoms with Crippen LogP contribution >= 0.6 is 0 Å². The minimum Gasteiger partial charge on any atom is -0.349 e. The molecule has 2 aliphatic rings. The molecule has 1 saturated carbocycles. The number of hydrogen-bond donors (Lipinski definition) is 2. The molecule has 2 aromatic rings. The van der Waals surface area contributed by atoms with Gasteiger partial charge < -0.3 is 10.6 Å². The van der Waals surface area contributed by atoms with Crippen LogP contribution in [0.5, 0.6) is 0 Å². The molecule has 4 rings (SSSR count). The number of hydrogen-bond acceptors (Lipinski definition) is 4. The standard InChI is InChI=1S/C23H27N3O4S/c1-16-8-12-20(13-9-16)31(29,30)26-14-3-2-7-21(26)23(28)25-19-6-4-5-17(15-19)22(27)24-18-10-11-18/h4-6,8-9,12-13,15,18,21H,2-3,7,10-11,14H2,1H3,(H,24,27)(H,25,28). The average Bonchev–Trinajstić information content (AvgIpc) is 3.58. The van der Waals surface area contributed by atoms with Crippen molar-refractivity contribution in [1.29, 1.82) is 0 Å². The Morgan fingerprint density at radius 3 is 2.45 bits per heavy atom. The fraction of sp³-hybridized carbons (Fsp3) is 0.391. The molecule has 0 aromatic heterocycles. The van der Waals surface area contributed by atoms with Crippen molar-refractivity contribution in [2.75, 3.05) is 11.9 Å². The number of anilines is 1. The van der Waals surface area contributed by atoms with Crippen LogP contribution in [0.15, 0.2) is 53.4 Å². The summed E-state index contributed by atoms with van der Waals surface area (Å²) in [5.74, 6) is -0.546. The zero-order chi connectivity index (χ0) is 22.0. The molecule has 0 bridgehead atoms. The molecule has 2 fully saturated rings. The lowest BCUT2D eigenvalue weighted by molar-refractivity contribution is -0.120. The highest BCUT2D eigenvalue weighted by molar-refractivity contribution is 7.89. The van der Waals surface area contributed by atoms with Crippen molar-refractivity contribution >= 4 is 27.5 Å². The Bertz CT molecular complexity index is 1080. The highest BCUT2D eigenvalue weighted by Crippen LogP contribution is 2.27. The van der Waals surface area contributed by atoms with E-state index in [-0.39, 0.29) is 22.8 Å². The Morgan fingerprint density at radius 2 is 1.74 bits per heavy atom. The van der Waals surface area contributed by atoms with Crippen molar-refractivity contribution in [1.82, 2.24) is 9.62 Å². The fourth-order valence-electron chi connectivity index (χ4n) is 3.76. The first-order valence-electron chi connectivity index (χ1n) is 10.6. The van der Waals surface area contributed by atoms with E-state index in [0.29, 0.717) is 30.6 Å². The van der Waals surface area contributed by atoms with Crippen LogP contribution < -0.4 is 10.6 Å². The van der Waals surface area contributed by atoms with Crippen molar-refractivity contribution < 1.29 is 18.0 Å². The van der Waals surface area contributed by atoms with Crippen LogP contribution in [0.25, 0.3) is 0 Å². The second-order valence-corrected chi connectivity index (χ2v) is 10.1. The number of amides is 2. The third kappa shape index (κ3) is 4.97. The van der Waals surface area contributed by atoms with E-state index in [1.165, 1.54) is 4.31 Å². The van der Waals surface area contributed by atoms with Crippen LogP contribution in [0, 0.1) is 6.92 Å². The first kappa shape index (κ1) is 21.5. The number of benzene rings is 2. The van der Waals surface area contributed by atoms with Crippen LogP contribution in [0.1, 0.15) is 48.0 Å². The van der Waals surface area contributed by atoms with E-state index >= 15 is 0 Å². The van der Waals surface area contributed by atoms with Crippen LogP contribution in [0.4, 0.5) is 5.69 Å². The molecule has 31 heavy (non-hydrogen) atoms. The normalized spacial score (nSPS) is 19.6. The Labute approximate surface area is 182 Å². The number of sulfonamides is 1. The van der Waals surface area contributed by atoms with E-state index in [0.717, 1.165) is 24.8 Å². The molecule has 1 unspecified atom stereocenters. The summed E-state index contributed by atoms with van der Waals surface area (Å²) in [5, 5.41) is 5.74.